The largest absolute Gasteiger partial charge is 0.370 e. The van der Waals surface area contributed by atoms with Crippen LogP contribution in [-0.4, -0.2) is 21.1 Å². The van der Waals surface area contributed by atoms with Gasteiger partial charge < -0.3 is 5.32 Å². The lowest BCUT2D eigenvalue weighted by Crippen LogP contribution is -2.06. The molecule has 96 valence electrons. The van der Waals surface area contributed by atoms with E-state index in [1.165, 1.54) is 38.5 Å². The molecule has 0 radical (unpaired) electrons. The Morgan fingerprint density at radius 1 is 1.28 bits per heavy atom. The Bertz CT molecular complexity index is 499. The highest BCUT2D eigenvalue weighted by atomic mass is 15.2. The first-order chi connectivity index (χ1) is 8.92. The van der Waals surface area contributed by atoms with Crippen molar-refractivity contribution in [2.75, 3.05) is 11.9 Å². The van der Waals surface area contributed by atoms with E-state index in [0.29, 0.717) is 0 Å². The quantitative estimate of drug-likeness (QED) is 0.822. The monoisotopic (exact) mass is 244 g/mol. The molecular weight excluding hydrogens is 224 g/mol. The average molecular weight is 244 g/mol. The van der Waals surface area contributed by atoms with Gasteiger partial charge in [0.2, 0.25) is 0 Å². The molecule has 0 aliphatic heterocycles. The van der Waals surface area contributed by atoms with E-state index in [1.54, 1.807) is 10.7 Å². The lowest BCUT2D eigenvalue weighted by atomic mass is 10.0. The number of hydrogen-bond acceptors (Lipinski definition) is 3. The molecule has 2 aromatic rings. The van der Waals surface area contributed by atoms with Gasteiger partial charge in [-0.2, -0.15) is 5.10 Å². The molecule has 0 unspecified atom stereocenters. The van der Waals surface area contributed by atoms with Crippen molar-refractivity contribution in [3.05, 3.63) is 24.5 Å². The Kier molecular flexibility index (Phi) is 3.44. The van der Waals surface area contributed by atoms with Gasteiger partial charge in [0.15, 0.2) is 5.65 Å². The van der Waals surface area contributed by atoms with E-state index in [0.717, 1.165) is 23.9 Å². The number of rotatable bonds is 5. The number of aromatic nitrogens is 3. The van der Waals surface area contributed by atoms with Crippen LogP contribution in [0.4, 0.5) is 5.82 Å². The maximum absolute atomic E-state index is 4.49. The summed E-state index contributed by atoms with van der Waals surface area (Å²) < 4.78 is 1.78. The number of hydrogen-bond donors (Lipinski definition) is 1. The van der Waals surface area contributed by atoms with E-state index in [4.69, 9.17) is 0 Å². The number of nitrogens with zero attached hydrogens (tertiary/aromatic N) is 3. The maximum atomic E-state index is 4.49. The van der Waals surface area contributed by atoms with Crippen molar-refractivity contribution in [2.45, 2.75) is 38.5 Å². The van der Waals surface area contributed by atoms with Crippen LogP contribution in [0, 0.1) is 5.92 Å². The van der Waals surface area contributed by atoms with Crippen molar-refractivity contribution in [3.8, 4) is 0 Å². The van der Waals surface area contributed by atoms with Gasteiger partial charge in [-0.05, 0) is 24.8 Å². The third-order valence-corrected chi connectivity index (χ3v) is 3.83. The first-order valence-corrected chi connectivity index (χ1v) is 6.96. The van der Waals surface area contributed by atoms with Crippen molar-refractivity contribution < 1.29 is 0 Å². The molecule has 1 N–H and O–H groups in total. The first kappa shape index (κ1) is 11.5. The highest BCUT2D eigenvalue weighted by Gasteiger charge is 2.13. The molecule has 18 heavy (non-hydrogen) atoms. The van der Waals surface area contributed by atoms with E-state index in [2.05, 4.69) is 15.4 Å². The summed E-state index contributed by atoms with van der Waals surface area (Å²) in [7, 11) is 0. The van der Waals surface area contributed by atoms with Gasteiger partial charge in [0.05, 0.1) is 6.20 Å². The number of fused-ring (bicyclic) bond motifs is 1. The van der Waals surface area contributed by atoms with E-state index < -0.39 is 0 Å². The molecule has 1 aliphatic carbocycles. The summed E-state index contributed by atoms with van der Waals surface area (Å²) >= 11 is 0. The second kappa shape index (κ2) is 5.38. The van der Waals surface area contributed by atoms with Crippen LogP contribution in [0.1, 0.15) is 38.5 Å². The molecule has 0 atom stereocenters. The highest BCUT2D eigenvalue weighted by Crippen LogP contribution is 2.28. The molecule has 1 aliphatic rings. The van der Waals surface area contributed by atoms with Crippen LogP contribution in [0.15, 0.2) is 24.5 Å². The van der Waals surface area contributed by atoms with E-state index in [1.807, 2.05) is 18.3 Å². The lowest BCUT2D eigenvalue weighted by Gasteiger charge is -2.09. The summed E-state index contributed by atoms with van der Waals surface area (Å²) in [5.74, 6) is 1.94. The Hall–Kier alpha value is -1.58. The molecule has 0 bridgehead atoms. The summed E-state index contributed by atoms with van der Waals surface area (Å²) in [5, 5.41) is 7.53. The van der Waals surface area contributed by atoms with Gasteiger partial charge in [-0.15, -0.1) is 0 Å². The van der Waals surface area contributed by atoms with Crippen LogP contribution < -0.4 is 5.32 Å². The van der Waals surface area contributed by atoms with Crippen LogP contribution in [0.25, 0.3) is 5.65 Å². The first-order valence-electron chi connectivity index (χ1n) is 6.96. The topological polar surface area (TPSA) is 42.2 Å². The zero-order valence-corrected chi connectivity index (χ0v) is 10.7. The zero-order chi connectivity index (χ0) is 12.2. The summed E-state index contributed by atoms with van der Waals surface area (Å²) in [4.78, 5) is 4.49. The van der Waals surface area contributed by atoms with Crippen LogP contribution >= 0.6 is 0 Å². The zero-order valence-electron chi connectivity index (χ0n) is 10.7. The molecule has 4 nitrogen and oxygen atoms in total. The summed E-state index contributed by atoms with van der Waals surface area (Å²) in [6.07, 6.45) is 12.1. The molecular formula is C14H20N4. The number of anilines is 1. The fraction of sp³-hybridized carbons (Fsp3) is 0.571. The predicted octanol–water partition coefficient (Wildman–Crippen LogP) is 3.11. The van der Waals surface area contributed by atoms with Gasteiger partial charge in [0.25, 0.3) is 0 Å². The smallest absolute Gasteiger partial charge is 0.157 e. The molecule has 0 aromatic carbocycles. The Morgan fingerprint density at radius 3 is 3.06 bits per heavy atom. The SMILES string of the molecule is c1cc2nc(NCCCC3CCCC3)ccn2n1. The van der Waals surface area contributed by atoms with Crippen molar-refractivity contribution in [2.24, 2.45) is 5.92 Å². The molecule has 2 heterocycles. The second-order valence-corrected chi connectivity index (χ2v) is 5.17. The highest BCUT2D eigenvalue weighted by molar-refractivity contribution is 5.45. The maximum Gasteiger partial charge on any atom is 0.157 e. The minimum absolute atomic E-state index is 0.899. The Balaban J connectivity index is 1.47. The summed E-state index contributed by atoms with van der Waals surface area (Å²) in [6.45, 7) is 1.02. The van der Waals surface area contributed by atoms with Gasteiger partial charge in [-0.3, -0.25) is 0 Å². The van der Waals surface area contributed by atoms with Gasteiger partial charge in [-0.1, -0.05) is 25.7 Å². The van der Waals surface area contributed by atoms with E-state index in [-0.39, 0.29) is 0 Å². The normalized spacial score (nSPS) is 16.4. The standard InChI is InChI=1S/C14H20N4/c1-2-5-12(4-1)6-3-9-15-13-8-11-18-14(17-13)7-10-16-18/h7-8,10-12H,1-6,9H2,(H,15,17). The van der Waals surface area contributed by atoms with Crippen molar-refractivity contribution >= 4 is 11.5 Å². The summed E-state index contributed by atoms with van der Waals surface area (Å²) in [6, 6.07) is 3.90. The minimum atomic E-state index is 0.899. The molecule has 0 spiro atoms. The second-order valence-electron chi connectivity index (χ2n) is 5.17. The van der Waals surface area contributed by atoms with Crippen molar-refractivity contribution in [1.82, 2.24) is 14.6 Å². The fourth-order valence-corrected chi connectivity index (χ4v) is 2.82. The fourth-order valence-electron chi connectivity index (χ4n) is 2.82. The molecule has 1 fully saturated rings. The van der Waals surface area contributed by atoms with Crippen molar-refractivity contribution in [1.29, 1.82) is 0 Å². The van der Waals surface area contributed by atoms with Crippen LogP contribution in [0.3, 0.4) is 0 Å². The van der Waals surface area contributed by atoms with Crippen LogP contribution in [0.5, 0.6) is 0 Å². The van der Waals surface area contributed by atoms with Gasteiger partial charge >= 0.3 is 0 Å². The third-order valence-electron chi connectivity index (χ3n) is 3.83. The van der Waals surface area contributed by atoms with Gasteiger partial charge in [0, 0.05) is 18.8 Å². The lowest BCUT2D eigenvalue weighted by molar-refractivity contribution is 0.491. The Labute approximate surface area is 107 Å². The molecule has 1 saturated carbocycles. The average Bonchev–Trinajstić information content (AvgIpc) is 3.05. The number of nitrogens with one attached hydrogen (secondary N) is 1. The van der Waals surface area contributed by atoms with Crippen LogP contribution in [-0.2, 0) is 0 Å². The van der Waals surface area contributed by atoms with E-state index in [9.17, 15) is 0 Å². The van der Waals surface area contributed by atoms with Crippen molar-refractivity contribution in [3.63, 3.8) is 0 Å². The third kappa shape index (κ3) is 2.63. The van der Waals surface area contributed by atoms with Gasteiger partial charge in [0.1, 0.15) is 5.82 Å². The molecule has 4 heteroatoms. The minimum Gasteiger partial charge on any atom is -0.370 e. The molecule has 3 rings (SSSR count). The van der Waals surface area contributed by atoms with Gasteiger partial charge in [-0.25, -0.2) is 9.50 Å². The summed E-state index contributed by atoms with van der Waals surface area (Å²) in [5.41, 5.74) is 0.899. The predicted molar refractivity (Wildman–Crippen MR) is 72.7 cm³/mol. The molecule has 2 aromatic heterocycles. The van der Waals surface area contributed by atoms with Crippen LogP contribution in [0.2, 0.25) is 0 Å². The molecule has 0 saturated heterocycles. The Morgan fingerprint density at radius 2 is 2.17 bits per heavy atom. The molecule has 0 amide bonds. The van der Waals surface area contributed by atoms with E-state index >= 15 is 0 Å².